The first kappa shape index (κ1) is 13.9. The molecule has 1 amide bonds. The molecule has 3 N–H and O–H groups in total. The lowest BCUT2D eigenvalue weighted by Gasteiger charge is -2.12. The molecule has 0 aromatic heterocycles. The number of rotatable bonds is 6. The van der Waals surface area contributed by atoms with Crippen LogP contribution in [0.1, 0.15) is 5.56 Å². The second-order valence-electron chi connectivity index (χ2n) is 3.68. The Labute approximate surface area is 107 Å². The molecule has 18 heavy (non-hydrogen) atoms. The molecule has 0 aliphatic rings. The summed E-state index contributed by atoms with van der Waals surface area (Å²) in [6, 6.07) is 3.36. The Morgan fingerprint density at radius 3 is 2.56 bits per heavy atom. The van der Waals surface area contributed by atoms with Crippen LogP contribution in [0.25, 0.3) is 0 Å². The van der Waals surface area contributed by atoms with E-state index in [1.54, 1.807) is 18.2 Å². The molecule has 0 unspecified atom stereocenters. The Kier molecular flexibility index (Phi) is 5.05. The number of methoxy groups -OCH3 is 2. The van der Waals surface area contributed by atoms with E-state index in [1.165, 1.54) is 14.2 Å². The molecule has 1 aromatic rings. The molecule has 0 spiro atoms. The fourth-order valence-electron chi connectivity index (χ4n) is 1.51. The van der Waals surface area contributed by atoms with E-state index in [4.69, 9.17) is 15.2 Å². The number of hydrogen-bond donors (Lipinski definition) is 2. The van der Waals surface area contributed by atoms with Crippen molar-refractivity contribution in [2.75, 3.05) is 26.5 Å². The van der Waals surface area contributed by atoms with Crippen LogP contribution in [-0.2, 0) is 11.2 Å². The summed E-state index contributed by atoms with van der Waals surface area (Å²) in [5.74, 6) is 0.984. The van der Waals surface area contributed by atoms with Crippen LogP contribution in [0.15, 0.2) is 24.8 Å². The van der Waals surface area contributed by atoms with Crippen molar-refractivity contribution in [1.29, 1.82) is 0 Å². The van der Waals surface area contributed by atoms with E-state index < -0.39 is 0 Å². The van der Waals surface area contributed by atoms with Crippen LogP contribution in [0, 0.1) is 0 Å². The van der Waals surface area contributed by atoms with E-state index in [1.807, 2.05) is 0 Å². The van der Waals surface area contributed by atoms with Gasteiger partial charge in [0.1, 0.15) is 0 Å². The lowest BCUT2D eigenvalue weighted by molar-refractivity contribution is -0.120. The number of anilines is 1. The summed E-state index contributed by atoms with van der Waals surface area (Å²) in [5.41, 5.74) is 7.07. The minimum absolute atomic E-state index is 0.117. The van der Waals surface area contributed by atoms with Crippen LogP contribution in [0.2, 0.25) is 0 Å². The fourth-order valence-corrected chi connectivity index (χ4v) is 1.51. The van der Waals surface area contributed by atoms with Gasteiger partial charge in [-0.3, -0.25) is 4.79 Å². The van der Waals surface area contributed by atoms with E-state index in [9.17, 15) is 4.79 Å². The average Bonchev–Trinajstić information content (AvgIpc) is 2.38. The van der Waals surface area contributed by atoms with Gasteiger partial charge in [-0.1, -0.05) is 6.08 Å². The minimum atomic E-state index is -0.117. The number of amides is 1. The summed E-state index contributed by atoms with van der Waals surface area (Å²) in [6.45, 7) is 3.97. The van der Waals surface area contributed by atoms with E-state index in [0.29, 0.717) is 29.3 Å². The first-order valence-electron chi connectivity index (χ1n) is 5.50. The molecule has 0 aliphatic heterocycles. The van der Waals surface area contributed by atoms with E-state index in [2.05, 4.69) is 11.9 Å². The maximum atomic E-state index is 11.6. The van der Waals surface area contributed by atoms with E-state index in [0.717, 1.165) is 0 Å². The average molecular weight is 250 g/mol. The van der Waals surface area contributed by atoms with Gasteiger partial charge in [0.25, 0.3) is 0 Å². The predicted octanol–water partition coefficient (Wildman–Crippen LogP) is 1.13. The highest BCUT2D eigenvalue weighted by Gasteiger charge is 2.11. The second-order valence-corrected chi connectivity index (χ2v) is 3.68. The van der Waals surface area contributed by atoms with Crippen LogP contribution in [0.4, 0.5) is 5.69 Å². The molecule has 0 heterocycles. The predicted molar refractivity (Wildman–Crippen MR) is 70.9 cm³/mol. The molecule has 1 rings (SSSR count). The molecular weight excluding hydrogens is 232 g/mol. The maximum Gasteiger partial charge on any atom is 0.224 e. The van der Waals surface area contributed by atoms with Gasteiger partial charge in [-0.15, -0.1) is 6.58 Å². The van der Waals surface area contributed by atoms with Gasteiger partial charge in [0.05, 0.1) is 20.6 Å². The first-order valence-corrected chi connectivity index (χ1v) is 5.50. The normalized spacial score (nSPS) is 9.67. The van der Waals surface area contributed by atoms with E-state index in [-0.39, 0.29) is 12.3 Å². The van der Waals surface area contributed by atoms with Crippen molar-refractivity contribution in [2.24, 2.45) is 0 Å². The number of carbonyl (C=O) groups is 1. The lowest BCUT2D eigenvalue weighted by atomic mass is 10.1. The molecule has 0 saturated heterocycles. The zero-order valence-electron chi connectivity index (χ0n) is 10.7. The summed E-state index contributed by atoms with van der Waals surface area (Å²) >= 11 is 0. The molecule has 0 bridgehead atoms. The summed E-state index contributed by atoms with van der Waals surface area (Å²) in [4.78, 5) is 11.6. The highest BCUT2D eigenvalue weighted by molar-refractivity contribution is 5.81. The lowest BCUT2D eigenvalue weighted by Crippen LogP contribution is -2.25. The zero-order chi connectivity index (χ0) is 13.5. The van der Waals surface area contributed by atoms with Gasteiger partial charge in [0, 0.05) is 18.3 Å². The van der Waals surface area contributed by atoms with Crippen molar-refractivity contribution < 1.29 is 14.3 Å². The molecule has 0 aliphatic carbocycles. The third kappa shape index (κ3) is 3.41. The minimum Gasteiger partial charge on any atom is -0.493 e. The smallest absolute Gasteiger partial charge is 0.224 e. The SMILES string of the molecule is C=CCNC(=O)Cc1cc(OC)c(OC)cc1N. The van der Waals surface area contributed by atoms with Gasteiger partial charge in [-0.25, -0.2) is 0 Å². The number of hydrogen-bond acceptors (Lipinski definition) is 4. The van der Waals surface area contributed by atoms with Gasteiger partial charge in [0.15, 0.2) is 11.5 Å². The van der Waals surface area contributed by atoms with Crippen LogP contribution in [0.3, 0.4) is 0 Å². The molecule has 98 valence electrons. The molecular formula is C13H18N2O3. The Balaban J connectivity index is 2.88. The quantitative estimate of drug-likeness (QED) is 0.586. The molecule has 0 fully saturated rings. The number of nitrogen functional groups attached to an aromatic ring is 1. The Morgan fingerprint density at radius 2 is 2.00 bits per heavy atom. The van der Waals surface area contributed by atoms with Gasteiger partial charge >= 0.3 is 0 Å². The summed E-state index contributed by atoms with van der Waals surface area (Å²) < 4.78 is 10.3. The van der Waals surface area contributed by atoms with Crippen molar-refractivity contribution in [1.82, 2.24) is 5.32 Å². The number of carbonyl (C=O) groups excluding carboxylic acids is 1. The fraction of sp³-hybridized carbons (Fsp3) is 0.308. The largest absolute Gasteiger partial charge is 0.493 e. The highest BCUT2D eigenvalue weighted by Crippen LogP contribution is 2.32. The highest BCUT2D eigenvalue weighted by atomic mass is 16.5. The van der Waals surface area contributed by atoms with Gasteiger partial charge in [-0.2, -0.15) is 0 Å². The number of nitrogens with two attached hydrogens (primary N) is 1. The number of nitrogens with one attached hydrogen (secondary N) is 1. The zero-order valence-corrected chi connectivity index (χ0v) is 10.7. The first-order chi connectivity index (χ1) is 8.62. The second kappa shape index (κ2) is 6.54. The maximum absolute atomic E-state index is 11.6. The molecule has 0 radical (unpaired) electrons. The summed E-state index contributed by atoms with van der Waals surface area (Å²) in [5, 5.41) is 2.69. The van der Waals surface area contributed by atoms with Crippen molar-refractivity contribution in [2.45, 2.75) is 6.42 Å². The standard InChI is InChI=1S/C13H18N2O3/c1-4-5-15-13(16)7-9-6-11(17-2)12(18-3)8-10(9)14/h4,6,8H,1,5,7,14H2,2-3H3,(H,15,16). The van der Waals surface area contributed by atoms with Crippen LogP contribution in [-0.4, -0.2) is 26.7 Å². The Bertz CT molecular complexity index is 444. The van der Waals surface area contributed by atoms with Gasteiger partial charge in [-0.05, 0) is 11.6 Å². The van der Waals surface area contributed by atoms with Crippen molar-refractivity contribution in [3.8, 4) is 11.5 Å². The molecule has 0 atom stereocenters. The Hall–Kier alpha value is -2.17. The van der Waals surface area contributed by atoms with E-state index >= 15 is 0 Å². The number of ether oxygens (including phenoxy) is 2. The third-order valence-corrected chi connectivity index (χ3v) is 2.44. The van der Waals surface area contributed by atoms with Crippen molar-refractivity contribution in [3.63, 3.8) is 0 Å². The molecule has 5 heteroatoms. The van der Waals surface area contributed by atoms with Gasteiger partial charge < -0.3 is 20.5 Å². The van der Waals surface area contributed by atoms with Gasteiger partial charge in [0.2, 0.25) is 5.91 Å². The monoisotopic (exact) mass is 250 g/mol. The Morgan fingerprint density at radius 1 is 1.39 bits per heavy atom. The topological polar surface area (TPSA) is 73.6 Å². The molecule has 5 nitrogen and oxygen atoms in total. The van der Waals surface area contributed by atoms with Crippen LogP contribution in [0.5, 0.6) is 11.5 Å². The number of benzene rings is 1. The van der Waals surface area contributed by atoms with Crippen molar-refractivity contribution in [3.05, 3.63) is 30.4 Å². The van der Waals surface area contributed by atoms with Crippen molar-refractivity contribution >= 4 is 11.6 Å². The van der Waals surface area contributed by atoms with Crippen LogP contribution >= 0.6 is 0 Å². The summed E-state index contributed by atoms with van der Waals surface area (Å²) in [7, 11) is 3.07. The van der Waals surface area contributed by atoms with Crippen LogP contribution < -0.4 is 20.5 Å². The third-order valence-electron chi connectivity index (χ3n) is 2.44. The molecule has 0 saturated carbocycles. The molecule has 1 aromatic carbocycles. The summed E-state index contributed by atoms with van der Waals surface area (Å²) in [6.07, 6.45) is 1.82.